The van der Waals surface area contributed by atoms with Crippen LogP contribution in [0.5, 0.6) is 0 Å². The monoisotopic (exact) mass is 453 g/mol. The molecule has 144 valence electrons. The summed E-state index contributed by atoms with van der Waals surface area (Å²) in [5, 5.41) is 11.8. The van der Waals surface area contributed by atoms with Crippen LogP contribution in [-0.2, 0) is 0 Å². The second kappa shape index (κ2) is 7.64. The number of hydrazine groups is 1. The summed E-state index contributed by atoms with van der Waals surface area (Å²) in [6.07, 6.45) is 2.62. The zero-order chi connectivity index (χ0) is 20.4. The number of para-hydroxylation sites is 2. The lowest BCUT2D eigenvalue weighted by Crippen LogP contribution is -2.30. The fourth-order valence-corrected chi connectivity index (χ4v) is 2.99. The average molecular weight is 454 g/mol. The molecule has 0 atom stereocenters. The number of nitrogens with zero attached hydrogens (tertiary/aromatic N) is 5. The molecule has 0 saturated carbocycles. The number of nitro groups is 1. The number of benzene rings is 2. The lowest BCUT2D eigenvalue weighted by Gasteiger charge is -2.10. The molecular weight excluding hydrogens is 442 g/mol. The highest BCUT2D eigenvalue weighted by Gasteiger charge is 2.25. The Morgan fingerprint density at radius 2 is 1.83 bits per heavy atom. The summed E-state index contributed by atoms with van der Waals surface area (Å²) < 4.78 is 2.32. The Kier molecular flexibility index (Phi) is 4.87. The Labute approximate surface area is 171 Å². The first-order valence-electron chi connectivity index (χ1n) is 8.28. The summed E-state index contributed by atoms with van der Waals surface area (Å²) in [5.74, 6) is -0.595. The number of rotatable bonds is 5. The summed E-state index contributed by atoms with van der Waals surface area (Å²) in [5.41, 5.74) is 6.23. The van der Waals surface area contributed by atoms with Crippen molar-refractivity contribution in [3.8, 4) is 5.82 Å². The molecule has 2 aromatic carbocycles. The van der Waals surface area contributed by atoms with Crippen LogP contribution in [0.2, 0.25) is 0 Å². The van der Waals surface area contributed by atoms with Crippen molar-refractivity contribution in [3.63, 3.8) is 0 Å². The van der Waals surface area contributed by atoms with E-state index in [9.17, 15) is 14.9 Å². The van der Waals surface area contributed by atoms with Crippen LogP contribution in [0.4, 0.5) is 11.5 Å². The first kappa shape index (κ1) is 18.5. The molecule has 4 rings (SSSR count). The Balaban J connectivity index is 1.68. The minimum atomic E-state index is -0.613. The number of amides is 1. The number of carbonyl (C=O) groups is 1. The molecular formula is C18H12BrN7O3. The summed E-state index contributed by atoms with van der Waals surface area (Å²) in [6.45, 7) is 0. The van der Waals surface area contributed by atoms with Gasteiger partial charge in [0.25, 0.3) is 5.91 Å². The average Bonchev–Trinajstić information content (AvgIpc) is 3.16. The van der Waals surface area contributed by atoms with Crippen LogP contribution in [0.25, 0.3) is 16.9 Å². The normalized spacial score (nSPS) is 10.7. The third-order valence-electron chi connectivity index (χ3n) is 4.07. The van der Waals surface area contributed by atoms with Crippen molar-refractivity contribution in [1.29, 1.82) is 0 Å². The van der Waals surface area contributed by atoms with Crippen LogP contribution in [0.3, 0.4) is 0 Å². The van der Waals surface area contributed by atoms with Gasteiger partial charge in [0, 0.05) is 10.0 Å². The molecule has 0 aliphatic heterocycles. The van der Waals surface area contributed by atoms with E-state index in [1.165, 1.54) is 17.2 Å². The number of carbonyl (C=O) groups excluding carboxylic acids is 1. The van der Waals surface area contributed by atoms with Gasteiger partial charge in [-0.05, 0) is 36.4 Å². The highest BCUT2D eigenvalue weighted by atomic mass is 79.9. The quantitative estimate of drug-likeness (QED) is 0.350. The molecule has 0 saturated heterocycles. The van der Waals surface area contributed by atoms with Crippen molar-refractivity contribution in [1.82, 2.24) is 24.9 Å². The first-order chi connectivity index (χ1) is 14.0. The Morgan fingerprint density at radius 3 is 2.59 bits per heavy atom. The largest absolute Gasteiger partial charge is 0.355 e. The van der Waals surface area contributed by atoms with Crippen molar-refractivity contribution in [3.05, 3.63) is 81.3 Å². The second-order valence-corrected chi connectivity index (χ2v) is 6.76. The van der Waals surface area contributed by atoms with Gasteiger partial charge >= 0.3 is 5.69 Å². The molecule has 0 bridgehead atoms. The summed E-state index contributed by atoms with van der Waals surface area (Å²) in [6, 6.07) is 13.8. The van der Waals surface area contributed by atoms with Crippen LogP contribution in [0.15, 0.2) is 65.7 Å². The third-order valence-corrected chi connectivity index (χ3v) is 4.60. The van der Waals surface area contributed by atoms with E-state index in [0.29, 0.717) is 16.6 Å². The molecule has 10 nitrogen and oxygen atoms in total. The predicted octanol–water partition coefficient (Wildman–Crippen LogP) is 3.24. The van der Waals surface area contributed by atoms with Gasteiger partial charge in [0.1, 0.15) is 12.7 Å². The van der Waals surface area contributed by atoms with Gasteiger partial charge in [0.15, 0.2) is 0 Å². The van der Waals surface area contributed by atoms with Gasteiger partial charge in [0.05, 0.1) is 16.0 Å². The third kappa shape index (κ3) is 3.62. The van der Waals surface area contributed by atoms with Crippen LogP contribution >= 0.6 is 15.9 Å². The number of imidazole rings is 1. The first-order valence-corrected chi connectivity index (χ1v) is 9.07. The maximum Gasteiger partial charge on any atom is 0.355 e. The van der Waals surface area contributed by atoms with E-state index < -0.39 is 16.5 Å². The van der Waals surface area contributed by atoms with Crippen molar-refractivity contribution in [2.24, 2.45) is 0 Å². The molecule has 4 aromatic rings. The number of nitrogens with one attached hydrogen (secondary N) is 2. The molecule has 1 amide bonds. The van der Waals surface area contributed by atoms with E-state index in [-0.39, 0.29) is 11.6 Å². The Bertz CT molecular complexity index is 1220. The van der Waals surface area contributed by atoms with Gasteiger partial charge < -0.3 is 0 Å². The number of halogens is 1. The van der Waals surface area contributed by atoms with Gasteiger partial charge in [-0.25, -0.2) is 15.0 Å². The summed E-state index contributed by atoms with van der Waals surface area (Å²) in [7, 11) is 0. The van der Waals surface area contributed by atoms with E-state index in [0.717, 1.165) is 4.47 Å². The van der Waals surface area contributed by atoms with Crippen molar-refractivity contribution in [2.45, 2.75) is 0 Å². The minimum absolute atomic E-state index is 0.0269. The van der Waals surface area contributed by atoms with E-state index in [1.54, 1.807) is 42.5 Å². The highest BCUT2D eigenvalue weighted by molar-refractivity contribution is 9.10. The van der Waals surface area contributed by atoms with Gasteiger partial charge in [-0.2, -0.15) is 0 Å². The molecule has 2 N–H and O–H groups in total. The smallest absolute Gasteiger partial charge is 0.277 e. The topological polar surface area (TPSA) is 128 Å². The fraction of sp³-hybridized carbons (Fsp3) is 0. The van der Waals surface area contributed by atoms with E-state index in [4.69, 9.17) is 0 Å². The van der Waals surface area contributed by atoms with E-state index >= 15 is 0 Å². The van der Waals surface area contributed by atoms with Gasteiger partial charge in [-0.15, -0.1) is 0 Å². The molecule has 0 aliphatic rings. The Morgan fingerprint density at radius 1 is 1.07 bits per heavy atom. The number of hydrogen-bond donors (Lipinski definition) is 2. The zero-order valence-electron chi connectivity index (χ0n) is 14.6. The van der Waals surface area contributed by atoms with Crippen molar-refractivity contribution < 1.29 is 9.72 Å². The maximum atomic E-state index is 12.3. The molecule has 11 heteroatoms. The Hall–Kier alpha value is -3.86. The molecule has 0 spiro atoms. The number of hydrogen-bond acceptors (Lipinski definition) is 7. The van der Waals surface area contributed by atoms with Crippen LogP contribution < -0.4 is 10.9 Å². The van der Waals surface area contributed by atoms with E-state index in [1.807, 2.05) is 6.07 Å². The lowest BCUT2D eigenvalue weighted by atomic mass is 10.2. The minimum Gasteiger partial charge on any atom is -0.277 e. The van der Waals surface area contributed by atoms with Gasteiger partial charge in [0.2, 0.25) is 11.6 Å². The highest BCUT2D eigenvalue weighted by Crippen LogP contribution is 2.29. The van der Waals surface area contributed by atoms with Gasteiger partial charge in [-0.1, -0.05) is 28.1 Å². The lowest BCUT2D eigenvalue weighted by molar-refractivity contribution is -0.384. The standard InChI is InChI=1S/C18H12BrN7O3/c19-12-7-5-11(6-8-12)18(27)24-23-16-15(26(28)29)17(21-9-20-16)25-10-22-13-3-1-2-4-14(13)25/h1-10H,(H,24,27)(H,20,21,23). The fourth-order valence-electron chi connectivity index (χ4n) is 2.72. The number of aromatic nitrogens is 4. The molecule has 2 heterocycles. The van der Waals surface area contributed by atoms with Crippen molar-refractivity contribution >= 4 is 44.4 Å². The van der Waals surface area contributed by atoms with Crippen molar-refractivity contribution in [2.75, 3.05) is 5.43 Å². The maximum absolute atomic E-state index is 12.3. The summed E-state index contributed by atoms with van der Waals surface area (Å²) in [4.78, 5) is 35.6. The molecule has 29 heavy (non-hydrogen) atoms. The number of anilines is 1. The molecule has 0 fully saturated rings. The SMILES string of the molecule is O=C(NNc1ncnc(-n2cnc3ccccc32)c1[N+](=O)[O-])c1ccc(Br)cc1. The number of fused-ring (bicyclic) bond motifs is 1. The molecule has 2 aromatic heterocycles. The van der Waals surface area contributed by atoms with Crippen LogP contribution in [-0.4, -0.2) is 30.3 Å². The van der Waals surface area contributed by atoms with E-state index in [2.05, 4.69) is 41.7 Å². The van der Waals surface area contributed by atoms with Crippen LogP contribution in [0, 0.1) is 10.1 Å². The second-order valence-electron chi connectivity index (χ2n) is 5.84. The molecule has 0 unspecified atom stereocenters. The molecule has 0 aliphatic carbocycles. The predicted molar refractivity (Wildman–Crippen MR) is 109 cm³/mol. The summed E-state index contributed by atoms with van der Waals surface area (Å²) >= 11 is 3.29. The molecule has 0 radical (unpaired) electrons. The zero-order valence-corrected chi connectivity index (χ0v) is 16.2. The van der Waals surface area contributed by atoms with Gasteiger partial charge in [-0.3, -0.25) is 30.3 Å². The van der Waals surface area contributed by atoms with Crippen LogP contribution in [0.1, 0.15) is 10.4 Å².